The summed E-state index contributed by atoms with van der Waals surface area (Å²) in [4.78, 5) is 38.0. The molecule has 0 aliphatic rings. The van der Waals surface area contributed by atoms with Crippen LogP contribution in [0.4, 0.5) is 0 Å². The molecule has 0 bridgehead atoms. The van der Waals surface area contributed by atoms with Crippen LogP contribution in [0.15, 0.2) is 109 Å². The minimum Gasteiger partial charge on any atom is -0.462 e. The highest BCUT2D eigenvalue weighted by molar-refractivity contribution is 5.71. The molecule has 67 heavy (non-hydrogen) atoms. The Kier molecular flexibility index (Phi) is 51.5. The van der Waals surface area contributed by atoms with Crippen molar-refractivity contribution in [3.63, 3.8) is 0 Å². The Balaban J connectivity index is 4.48. The molecule has 0 saturated carbocycles. The van der Waals surface area contributed by atoms with Crippen molar-refractivity contribution in [3.05, 3.63) is 109 Å². The second kappa shape index (κ2) is 54.7. The summed E-state index contributed by atoms with van der Waals surface area (Å²) in [7, 11) is 0. The summed E-state index contributed by atoms with van der Waals surface area (Å²) >= 11 is 0. The number of esters is 3. The Morgan fingerprint density at radius 3 is 1.12 bits per heavy atom. The molecule has 0 aromatic carbocycles. The first-order chi connectivity index (χ1) is 33.0. The SMILES string of the molecule is CC\C=C/C=C\C=C/C=C\CCCCCC(=O)OCC(COC(=O)CCCCCCCCCCCCCCCCCCCCC)OC(=O)CCC/C=C\C/C=C\C/C=C\C/C=C\C/C=C\CC. The summed E-state index contributed by atoms with van der Waals surface area (Å²) in [6.45, 7) is 6.31. The van der Waals surface area contributed by atoms with E-state index in [0.717, 1.165) is 89.9 Å². The molecule has 0 fully saturated rings. The van der Waals surface area contributed by atoms with Crippen LogP contribution in [0.25, 0.3) is 0 Å². The van der Waals surface area contributed by atoms with Crippen LogP contribution in [0.3, 0.4) is 0 Å². The molecule has 1 unspecified atom stereocenters. The maximum Gasteiger partial charge on any atom is 0.306 e. The molecule has 0 heterocycles. The monoisotopic (exact) mass is 929 g/mol. The van der Waals surface area contributed by atoms with Crippen LogP contribution in [-0.2, 0) is 28.6 Å². The van der Waals surface area contributed by atoms with Crippen molar-refractivity contribution in [1.29, 1.82) is 0 Å². The maximum atomic E-state index is 12.8. The number of hydrogen-bond acceptors (Lipinski definition) is 6. The number of allylic oxidation sites excluding steroid dienone is 18. The van der Waals surface area contributed by atoms with E-state index in [9.17, 15) is 14.4 Å². The molecule has 1 atom stereocenters. The van der Waals surface area contributed by atoms with Crippen molar-refractivity contribution >= 4 is 17.9 Å². The van der Waals surface area contributed by atoms with Crippen LogP contribution in [0.2, 0.25) is 0 Å². The van der Waals surface area contributed by atoms with Crippen LogP contribution >= 0.6 is 0 Å². The maximum absolute atomic E-state index is 12.8. The average Bonchev–Trinajstić information content (AvgIpc) is 3.33. The summed E-state index contributed by atoms with van der Waals surface area (Å²) in [6.07, 6.45) is 73.8. The van der Waals surface area contributed by atoms with E-state index in [1.54, 1.807) is 0 Å². The van der Waals surface area contributed by atoms with Gasteiger partial charge in [-0.25, -0.2) is 0 Å². The molecule has 0 aliphatic carbocycles. The van der Waals surface area contributed by atoms with Crippen molar-refractivity contribution in [2.75, 3.05) is 13.2 Å². The summed E-state index contributed by atoms with van der Waals surface area (Å²) < 4.78 is 16.7. The van der Waals surface area contributed by atoms with Crippen molar-refractivity contribution in [2.45, 2.75) is 245 Å². The van der Waals surface area contributed by atoms with Gasteiger partial charge in [-0.3, -0.25) is 14.4 Å². The van der Waals surface area contributed by atoms with Gasteiger partial charge in [0.05, 0.1) is 0 Å². The Morgan fingerprint density at radius 2 is 0.672 bits per heavy atom. The number of rotatable bonds is 48. The quantitative estimate of drug-likeness (QED) is 0.0199. The molecule has 6 heteroatoms. The van der Waals surface area contributed by atoms with Crippen LogP contribution < -0.4 is 0 Å². The van der Waals surface area contributed by atoms with E-state index < -0.39 is 6.10 Å². The largest absolute Gasteiger partial charge is 0.462 e. The third-order valence-corrected chi connectivity index (χ3v) is 11.4. The normalized spacial score (nSPS) is 12.9. The molecule has 0 aliphatic heterocycles. The third kappa shape index (κ3) is 52.9. The molecule has 0 amide bonds. The van der Waals surface area contributed by atoms with Crippen LogP contribution in [0.5, 0.6) is 0 Å². The zero-order valence-corrected chi connectivity index (χ0v) is 43.4. The number of ether oxygens (including phenoxy) is 3. The highest BCUT2D eigenvalue weighted by Gasteiger charge is 2.19. The predicted octanol–water partition coefficient (Wildman–Crippen LogP) is 18.3. The molecule has 0 rings (SSSR count). The lowest BCUT2D eigenvalue weighted by atomic mass is 10.0. The molecule has 6 nitrogen and oxygen atoms in total. The molecule has 0 aromatic heterocycles. The first-order valence-corrected chi connectivity index (χ1v) is 27.4. The second-order valence-corrected chi connectivity index (χ2v) is 17.8. The lowest BCUT2D eigenvalue weighted by molar-refractivity contribution is -0.167. The van der Waals surface area contributed by atoms with Crippen LogP contribution in [0, 0.1) is 0 Å². The first-order valence-electron chi connectivity index (χ1n) is 27.4. The van der Waals surface area contributed by atoms with Crippen molar-refractivity contribution < 1.29 is 28.6 Å². The summed E-state index contributed by atoms with van der Waals surface area (Å²) in [5, 5.41) is 0. The molecular formula is C61H100O6. The van der Waals surface area contributed by atoms with E-state index in [-0.39, 0.29) is 37.5 Å². The van der Waals surface area contributed by atoms with Crippen molar-refractivity contribution in [1.82, 2.24) is 0 Å². The van der Waals surface area contributed by atoms with Gasteiger partial charge in [-0.15, -0.1) is 0 Å². The van der Waals surface area contributed by atoms with Gasteiger partial charge in [-0.05, 0) is 77.0 Å². The van der Waals surface area contributed by atoms with E-state index in [1.807, 2.05) is 36.5 Å². The molecule has 0 aromatic rings. The Morgan fingerprint density at radius 1 is 0.328 bits per heavy atom. The number of carbonyl (C=O) groups excluding carboxylic acids is 3. The van der Waals surface area contributed by atoms with E-state index in [4.69, 9.17) is 14.2 Å². The fraction of sp³-hybridized carbons (Fsp3) is 0.656. The zero-order valence-electron chi connectivity index (χ0n) is 43.4. The van der Waals surface area contributed by atoms with Gasteiger partial charge in [-0.1, -0.05) is 252 Å². The molecule has 0 N–H and O–H groups in total. The first kappa shape index (κ1) is 63.1. The van der Waals surface area contributed by atoms with Gasteiger partial charge >= 0.3 is 17.9 Å². The topological polar surface area (TPSA) is 78.9 Å². The smallest absolute Gasteiger partial charge is 0.306 e. The minimum atomic E-state index is -0.824. The minimum absolute atomic E-state index is 0.113. The highest BCUT2D eigenvalue weighted by atomic mass is 16.6. The van der Waals surface area contributed by atoms with Gasteiger partial charge in [0.25, 0.3) is 0 Å². The van der Waals surface area contributed by atoms with Gasteiger partial charge in [0.1, 0.15) is 13.2 Å². The number of unbranched alkanes of at least 4 members (excludes halogenated alkanes) is 22. The van der Waals surface area contributed by atoms with E-state index in [1.165, 1.54) is 103 Å². The third-order valence-electron chi connectivity index (χ3n) is 11.4. The highest BCUT2D eigenvalue weighted by Crippen LogP contribution is 2.16. The van der Waals surface area contributed by atoms with Crippen LogP contribution in [0.1, 0.15) is 239 Å². The summed E-state index contributed by atoms with van der Waals surface area (Å²) in [5.74, 6) is -1.01. The van der Waals surface area contributed by atoms with Crippen molar-refractivity contribution in [2.24, 2.45) is 0 Å². The van der Waals surface area contributed by atoms with Crippen LogP contribution in [-0.4, -0.2) is 37.2 Å². The van der Waals surface area contributed by atoms with Gasteiger partial charge in [0.15, 0.2) is 6.10 Å². The Hall–Kier alpha value is -3.93. The summed E-state index contributed by atoms with van der Waals surface area (Å²) in [5.41, 5.74) is 0. The van der Waals surface area contributed by atoms with Gasteiger partial charge in [-0.2, -0.15) is 0 Å². The second-order valence-electron chi connectivity index (χ2n) is 17.8. The van der Waals surface area contributed by atoms with E-state index in [0.29, 0.717) is 19.3 Å². The van der Waals surface area contributed by atoms with E-state index in [2.05, 4.69) is 93.7 Å². The number of hydrogen-bond donors (Lipinski definition) is 0. The fourth-order valence-electron chi connectivity index (χ4n) is 7.31. The Bertz CT molecular complexity index is 1390. The zero-order chi connectivity index (χ0) is 48.6. The molecule has 380 valence electrons. The predicted molar refractivity (Wildman–Crippen MR) is 288 cm³/mol. The van der Waals surface area contributed by atoms with E-state index >= 15 is 0 Å². The average molecular weight is 929 g/mol. The van der Waals surface area contributed by atoms with Crippen molar-refractivity contribution in [3.8, 4) is 0 Å². The molecule has 0 saturated heterocycles. The number of carbonyl (C=O) groups is 3. The molecule has 0 radical (unpaired) electrons. The van der Waals surface area contributed by atoms with Gasteiger partial charge in [0.2, 0.25) is 0 Å². The van der Waals surface area contributed by atoms with Gasteiger partial charge < -0.3 is 14.2 Å². The molecular weight excluding hydrogens is 829 g/mol. The summed E-state index contributed by atoms with van der Waals surface area (Å²) in [6, 6.07) is 0. The standard InChI is InChI=1S/C61H100O6/c1-4-7-10-13-16-19-22-25-27-29-30-32-33-36-39-42-45-48-51-54-60(63)66-57-58(56-65-59(62)53-50-47-44-41-38-35-24-21-18-15-12-9-6-3)67-61(64)55-52-49-46-43-40-37-34-31-28-26-23-20-17-14-11-8-5-2/h8-9,11-12,15,17-18,20-21,24,26,28,34-35,37-38,43,46,58H,4-7,10,13-14,16,19,22-23,25,27,29-33,36,39-42,44-45,47-57H2,1-3H3/b11-8-,12-9-,18-15-,20-17-,24-21-,28-26-,37-34-,38-35-,46-43-. The van der Waals surface area contributed by atoms with Gasteiger partial charge in [0, 0.05) is 19.3 Å². The fourth-order valence-corrected chi connectivity index (χ4v) is 7.31. The lowest BCUT2D eigenvalue weighted by Gasteiger charge is -2.18. The lowest BCUT2D eigenvalue weighted by Crippen LogP contribution is -2.30. The molecule has 0 spiro atoms. The Labute approximate surface area is 412 Å².